The van der Waals surface area contributed by atoms with Gasteiger partial charge in [0.15, 0.2) is 0 Å². The summed E-state index contributed by atoms with van der Waals surface area (Å²) in [5.74, 6) is -0.479. The van der Waals surface area contributed by atoms with E-state index in [4.69, 9.17) is 5.21 Å². The molecule has 108 valence electrons. The lowest BCUT2D eigenvalue weighted by Gasteiger charge is -2.34. The van der Waals surface area contributed by atoms with Crippen molar-refractivity contribution in [2.45, 2.75) is 25.3 Å². The van der Waals surface area contributed by atoms with Crippen molar-refractivity contribution in [2.24, 2.45) is 5.92 Å². The number of rotatable bonds is 6. The van der Waals surface area contributed by atoms with Crippen molar-refractivity contribution in [2.75, 3.05) is 11.9 Å². The molecule has 1 aliphatic carbocycles. The number of amides is 2. The maximum atomic E-state index is 11.7. The van der Waals surface area contributed by atoms with Crippen LogP contribution in [0, 0.1) is 5.92 Å². The number of hydrogen-bond donors (Lipinski definition) is 4. The zero-order chi connectivity index (χ0) is 14.4. The molecule has 0 atom stereocenters. The van der Waals surface area contributed by atoms with Crippen LogP contribution in [0.15, 0.2) is 30.3 Å². The zero-order valence-corrected chi connectivity index (χ0v) is 11.1. The molecule has 1 aromatic rings. The first-order valence-electron chi connectivity index (χ1n) is 6.71. The summed E-state index contributed by atoms with van der Waals surface area (Å²) in [6.45, 7) is 0.580. The maximum Gasteiger partial charge on any atom is 0.246 e. The van der Waals surface area contributed by atoms with Gasteiger partial charge in [-0.3, -0.25) is 14.8 Å². The summed E-state index contributed by atoms with van der Waals surface area (Å²) in [6.07, 6.45) is 1.79. The van der Waals surface area contributed by atoms with Crippen LogP contribution in [0.2, 0.25) is 0 Å². The number of hydroxylamine groups is 1. The van der Waals surface area contributed by atoms with Gasteiger partial charge in [-0.05, 0) is 25.0 Å². The number of carbonyl (C=O) groups is 2. The Labute approximate surface area is 117 Å². The Balaban J connectivity index is 1.58. The predicted octanol–water partition coefficient (Wildman–Crippen LogP) is 0.889. The molecule has 2 rings (SSSR count). The van der Waals surface area contributed by atoms with Gasteiger partial charge < -0.3 is 10.6 Å². The van der Waals surface area contributed by atoms with Crippen molar-refractivity contribution >= 4 is 17.5 Å². The van der Waals surface area contributed by atoms with Crippen molar-refractivity contribution in [3.63, 3.8) is 0 Å². The molecule has 20 heavy (non-hydrogen) atoms. The molecule has 0 spiro atoms. The largest absolute Gasteiger partial charge is 0.326 e. The van der Waals surface area contributed by atoms with Gasteiger partial charge in [0, 0.05) is 30.6 Å². The monoisotopic (exact) mass is 277 g/mol. The van der Waals surface area contributed by atoms with Crippen molar-refractivity contribution in [3.8, 4) is 0 Å². The van der Waals surface area contributed by atoms with Crippen LogP contribution in [0.5, 0.6) is 0 Å². The standard InChI is InChI=1S/C14H19N3O3/c18-13(16-11-4-2-1-3-5-11)6-7-15-12-8-10(9-12)14(19)17-20/h1-5,10,12,15,20H,6-9H2,(H,16,18)(H,17,19)/t10-,12+. The lowest BCUT2D eigenvalue weighted by molar-refractivity contribution is -0.136. The predicted molar refractivity (Wildman–Crippen MR) is 74.1 cm³/mol. The van der Waals surface area contributed by atoms with E-state index in [0.717, 1.165) is 5.69 Å². The quantitative estimate of drug-likeness (QED) is 0.459. The first-order valence-corrected chi connectivity index (χ1v) is 6.71. The third-order valence-electron chi connectivity index (χ3n) is 3.46. The van der Waals surface area contributed by atoms with Crippen LogP contribution in [0.1, 0.15) is 19.3 Å². The molecule has 0 saturated heterocycles. The first-order chi connectivity index (χ1) is 9.69. The van der Waals surface area contributed by atoms with E-state index in [1.165, 1.54) is 0 Å². The van der Waals surface area contributed by atoms with Gasteiger partial charge in [-0.25, -0.2) is 5.48 Å². The number of anilines is 1. The van der Waals surface area contributed by atoms with Gasteiger partial charge in [0.2, 0.25) is 11.8 Å². The molecule has 0 heterocycles. The lowest BCUT2D eigenvalue weighted by atomic mass is 9.80. The summed E-state index contributed by atoms with van der Waals surface area (Å²) in [7, 11) is 0. The van der Waals surface area contributed by atoms with E-state index in [9.17, 15) is 9.59 Å². The van der Waals surface area contributed by atoms with Crippen molar-refractivity contribution < 1.29 is 14.8 Å². The Morgan fingerprint density at radius 1 is 1.20 bits per heavy atom. The number of carbonyl (C=O) groups excluding carboxylic acids is 2. The van der Waals surface area contributed by atoms with E-state index in [1.807, 2.05) is 30.3 Å². The molecule has 6 nitrogen and oxygen atoms in total. The molecule has 0 aromatic heterocycles. The van der Waals surface area contributed by atoms with E-state index in [-0.39, 0.29) is 23.8 Å². The third-order valence-corrected chi connectivity index (χ3v) is 3.46. The van der Waals surface area contributed by atoms with Gasteiger partial charge >= 0.3 is 0 Å². The molecule has 0 radical (unpaired) electrons. The van der Waals surface area contributed by atoms with Crippen molar-refractivity contribution in [3.05, 3.63) is 30.3 Å². The average molecular weight is 277 g/mol. The minimum absolute atomic E-state index is 0.0346. The molecule has 1 aromatic carbocycles. The number of para-hydroxylation sites is 1. The number of nitrogens with one attached hydrogen (secondary N) is 3. The fraction of sp³-hybridized carbons (Fsp3) is 0.429. The Hall–Kier alpha value is -1.92. The maximum absolute atomic E-state index is 11.7. The Morgan fingerprint density at radius 3 is 2.55 bits per heavy atom. The Morgan fingerprint density at radius 2 is 1.90 bits per heavy atom. The summed E-state index contributed by atoms with van der Waals surface area (Å²) >= 11 is 0. The molecule has 6 heteroatoms. The summed E-state index contributed by atoms with van der Waals surface area (Å²) in [5, 5.41) is 14.5. The smallest absolute Gasteiger partial charge is 0.246 e. The van der Waals surface area contributed by atoms with E-state index in [1.54, 1.807) is 5.48 Å². The number of hydrogen-bond acceptors (Lipinski definition) is 4. The second-order valence-corrected chi connectivity index (χ2v) is 4.96. The average Bonchev–Trinajstić information content (AvgIpc) is 2.41. The van der Waals surface area contributed by atoms with Gasteiger partial charge in [0.25, 0.3) is 0 Å². The van der Waals surface area contributed by atoms with Gasteiger partial charge in [0.05, 0.1) is 0 Å². The summed E-state index contributed by atoms with van der Waals surface area (Å²) in [4.78, 5) is 22.7. The van der Waals surface area contributed by atoms with Crippen LogP contribution < -0.4 is 16.1 Å². The molecule has 0 bridgehead atoms. The third kappa shape index (κ3) is 4.04. The Kier molecular flexibility index (Phi) is 5.09. The van der Waals surface area contributed by atoms with E-state index in [2.05, 4.69) is 10.6 Å². The summed E-state index contributed by atoms with van der Waals surface area (Å²) in [5.41, 5.74) is 2.45. The van der Waals surface area contributed by atoms with Crippen LogP contribution >= 0.6 is 0 Å². The first kappa shape index (κ1) is 14.5. The van der Waals surface area contributed by atoms with E-state index in [0.29, 0.717) is 25.8 Å². The van der Waals surface area contributed by atoms with E-state index < -0.39 is 0 Å². The fourth-order valence-electron chi connectivity index (χ4n) is 2.22. The molecular formula is C14H19N3O3. The van der Waals surface area contributed by atoms with Gasteiger partial charge in [-0.15, -0.1) is 0 Å². The molecule has 2 amide bonds. The molecule has 1 fully saturated rings. The van der Waals surface area contributed by atoms with Crippen LogP contribution in [0.25, 0.3) is 0 Å². The van der Waals surface area contributed by atoms with Crippen LogP contribution in [-0.2, 0) is 9.59 Å². The highest BCUT2D eigenvalue weighted by molar-refractivity contribution is 5.90. The molecular weight excluding hydrogens is 258 g/mol. The molecule has 4 N–H and O–H groups in total. The molecule has 0 unspecified atom stereocenters. The lowest BCUT2D eigenvalue weighted by Crippen LogP contribution is -2.47. The van der Waals surface area contributed by atoms with Gasteiger partial charge in [-0.1, -0.05) is 18.2 Å². The minimum atomic E-state index is -0.329. The molecule has 0 aliphatic heterocycles. The van der Waals surface area contributed by atoms with Gasteiger partial charge in [0.1, 0.15) is 0 Å². The second kappa shape index (κ2) is 7.02. The highest BCUT2D eigenvalue weighted by Gasteiger charge is 2.33. The highest BCUT2D eigenvalue weighted by Crippen LogP contribution is 2.27. The van der Waals surface area contributed by atoms with Crippen LogP contribution in [-0.4, -0.2) is 29.6 Å². The second-order valence-electron chi connectivity index (χ2n) is 4.96. The fourth-order valence-corrected chi connectivity index (χ4v) is 2.22. The SMILES string of the molecule is O=C(CCN[C@H]1C[C@@H](C(=O)NO)C1)Nc1ccccc1. The van der Waals surface area contributed by atoms with Crippen LogP contribution in [0.4, 0.5) is 5.69 Å². The van der Waals surface area contributed by atoms with Crippen LogP contribution in [0.3, 0.4) is 0 Å². The normalized spacial score (nSPS) is 20.9. The summed E-state index contributed by atoms with van der Waals surface area (Å²) in [6, 6.07) is 9.57. The molecule has 1 aliphatic rings. The number of benzene rings is 1. The topological polar surface area (TPSA) is 90.5 Å². The minimum Gasteiger partial charge on any atom is -0.326 e. The van der Waals surface area contributed by atoms with Crippen molar-refractivity contribution in [1.29, 1.82) is 0 Å². The van der Waals surface area contributed by atoms with E-state index >= 15 is 0 Å². The molecule has 1 saturated carbocycles. The van der Waals surface area contributed by atoms with Crippen molar-refractivity contribution in [1.82, 2.24) is 10.8 Å². The Bertz CT molecular complexity index is 458. The van der Waals surface area contributed by atoms with Gasteiger partial charge in [-0.2, -0.15) is 0 Å². The zero-order valence-electron chi connectivity index (χ0n) is 11.1. The highest BCUT2D eigenvalue weighted by atomic mass is 16.5. The summed E-state index contributed by atoms with van der Waals surface area (Å²) < 4.78 is 0.